The lowest BCUT2D eigenvalue weighted by Gasteiger charge is -2.49. The van der Waals surface area contributed by atoms with Crippen LogP contribution in [0.5, 0.6) is 5.75 Å². The number of hydrogen-bond acceptors (Lipinski definition) is 2. The van der Waals surface area contributed by atoms with Gasteiger partial charge in [-0.15, -0.1) is 0 Å². The first kappa shape index (κ1) is 13.9. The second-order valence-electron chi connectivity index (χ2n) is 6.32. The first-order valence-corrected chi connectivity index (χ1v) is 7.87. The molecule has 2 nitrogen and oxygen atoms in total. The normalized spacial score (nSPS) is 24.6. The number of Topliss-reactive ketones (excluding diaryl/α,β-unsaturated/α-hetero) is 1. The Labute approximate surface area is 125 Å². The summed E-state index contributed by atoms with van der Waals surface area (Å²) in [6.07, 6.45) is 6.20. The molecule has 2 saturated carbocycles. The first-order chi connectivity index (χ1) is 9.53. The molecule has 1 aromatic rings. The molecule has 0 N–H and O–H groups in total. The van der Waals surface area contributed by atoms with Gasteiger partial charge in [0.2, 0.25) is 0 Å². The quantitative estimate of drug-likeness (QED) is 0.794. The molecule has 2 fully saturated rings. The monoisotopic (exact) mass is 292 g/mol. The molecule has 1 atom stereocenters. The second-order valence-corrected chi connectivity index (χ2v) is 6.76. The lowest BCUT2D eigenvalue weighted by atomic mass is 9.57. The highest BCUT2D eigenvalue weighted by Gasteiger charge is 2.56. The minimum absolute atomic E-state index is 0.0638. The lowest BCUT2D eigenvalue weighted by Crippen LogP contribution is -2.57. The summed E-state index contributed by atoms with van der Waals surface area (Å²) < 4.78 is 6.25. The van der Waals surface area contributed by atoms with E-state index >= 15 is 0 Å². The summed E-state index contributed by atoms with van der Waals surface area (Å²) in [6, 6.07) is 3.86. The van der Waals surface area contributed by atoms with Crippen LogP contribution in [0.4, 0.5) is 0 Å². The Balaban J connectivity index is 1.83. The van der Waals surface area contributed by atoms with Crippen LogP contribution in [0, 0.1) is 19.3 Å². The molecule has 0 aromatic heterocycles. The van der Waals surface area contributed by atoms with E-state index in [1.54, 1.807) is 0 Å². The maximum atomic E-state index is 12.1. The number of ether oxygens (including phenoxy) is 1. The summed E-state index contributed by atoms with van der Waals surface area (Å²) in [7, 11) is 0. The lowest BCUT2D eigenvalue weighted by molar-refractivity contribution is -0.156. The van der Waals surface area contributed by atoms with Gasteiger partial charge < -0.3 is 4.74 Å². The van der Waals surface area contributed by atoms with Crippen molar-refractivity contribution >= 4 is 17.4 Å². The topological polar surface area (TPSA) is 26.3 Å². The Morgan fingerprint density at radius 3 is 2.30 bits per heavy atom. The number of rotatable bonds is 2. The molecular weight excluding hydrogens is 272 g/mol. The molecule has 0 saturated heterocycles. The fourth-order valence-electron chi connectivity index (χ4n) is 3.78. The number of halogens is 1. The van der Waals surface area contributed by atoms with Gasteiger partial charge in [-0.2, -0.15) is 0 Å². The van der Waals surface area contributed by atoms with Crippen LogP contribution < -0.4 is 4.74 Å². The van der Waals surface area contributed by atoms with E-state index in [1.165, 1.54) is 6.42 Å². The minimum atomic E-state index is -0.184. The summed E-state index contributed by atoms with van der Waals surface area (Å²) in [5, 5.41) is 0.740. The zero-order chi connectivity index (χ0) is 14.3. The van der Waals surface area contributed by atoms with E-state index in [-0.39, 0.29) is 11.5 Å². The van der Waals surface area contributed by atoms with Crippen LogP contribution in [0.2, 0.25) is 5.02 Å². The predicted octanol–water partition coefficient (Wildman–Crippen LogP) is 4.63. The van der Waals surface area contributed by atoms with Crippen LogP contribution >= 0.6 is 11.6 Å². The Hall–Kier alpha value is -1.02. The second kappa shape index (κ2) is 5.07. The molecule has 1 aromatic carbocycles. The van der Waals surface area contributed by atoms with Crippen LogP contribution in [0.1, 0.15) is 49.7 Å². The summed E-state index contributed by atoms with van der Waals surface area (Å²) in [4.78, 5) is 12.1. The third-order valence-electron chi connectivity index (χ3n) is 4.97. The van der Waals surface area contributed by atoms with Gasteiger partial charge in [-0.1, -0.05) is 30.9 Å². The highest BCUT2D eigenvalue weighted by Crippen LogP contribution is 2.51. The largest absolute Gasteiger partial charge is 0.488 e. The van der Waals surface area contributed by atoms with Crippen molar-refractivity contribution in [3.63, 3.8) is 0 Å². The van der Waals surface area contributed by atoms with Gasteiger partial charge in [-0.3, -0.25) is 4.79 Å². The van der Waals surface area contributed by atoms with Crippen LogP contribution in [-0.2, 0) is 4.79 Å². The van der Waals surface area contributed by atoms with Crippen LogP contribution in [0.3, 0.4) is 0 Å². The summed E-state index contributed by atoms with van der Waals surface area (Å²) in [6.45, 7) is 4.03. The molecule has 1 unspecified atom stereocenters. The molecule has 0 bridgehead atoms. The zero-order valence-electron chi connectivity index (χ0n) is 12.2. The molecule has 3 rings (SSSR count). The van der Waals surface area contributed by atoms with Gasteiger partial charge in [0.15, 0.2) is 0 Å². The Morgan fingerprint density at radius 2 is 1.75 bits per heavy atom. The van der Waals surface area contributed by atoms with E-state index in [9.17, 15) is 4.79 Å². The summed E-state index contributed by atoms with van der Waals surface area (Å²) >= 11 is 6.06. The first-order valence-electron chi connectivity index (χ1n) is 7.50. The molecule has 2 aliphatic carbocycles. The Morgan fingerprint density at radius 1 is 1.15 bits per heavy atom. The van der Waals surface area contributed by atoms with Gasteiger partial charge in [0.05, 0.1) is 5.41 Å². The van der Waals surface area contributed by atoms with Gasteiger partial charge >= 0.3 is 0 Å². The molecule has 0 radical (unpaired) electrons. The fraction of sp³-hybridized carbons (Fsp3) is 0.588. The molecule has 0 amide bonds. The van der Waals surface area contributed by atoms with Gasteiger partial charge in [-0.05, 0) is 49.9 Å². The van der Waals surface area contributed by atoms with Crippen molar-refractivity contribution in [2.24, 2.45) is 5.41 Å². The summed E-state index contributed by atoms with van der Waals surface area (Å²) in [5.74, 6) is 1.32. The molecule has 1 spiro atoms. The third kappa shape index (κ3) is 2.14. The molecule has 3 heteroatoms. The van der Waals surface area contributed by atoms with Crippen molar-refractivity contribution in [3.8, 4) is 5.75 Å². The third-order valence-corrected chi connectivity index (χ3v) is 5.19. The SMILES string of the molecule is Cc1cc(Cl)cc(C)c1OC1CC(=O)C12CCCCC2. The molecular formula is C17H21ClO2. The number of aryl methyl sites for hydroxylation is 2. The minimum Gasteiger partial charge on any atom is -0.488 e. The highest BCUT2D eigenvalue weighted by molar-refractivity contribution is 6.30. The van der Waals surface area contributed by atoms with E-state index in [1.807, 2.05) is 26.0 Å². The molecule has 108 valence electrons. The average molecular weight is 293 g/mol. The van der Waals surface area contributed by atoms with E-state index in [0.29, 0.717) is 12.2 Å². The maximum absolute atomic E-state index is 12.1. The number of ketones is 1. The molecule has 2 aliphatic rings. The van der Waals surface area contributed by atoms with Crippen LogP contribution in [0.15, 0.2) is 12.1 Å². The molecule has 20 heavy (non-hydrogen) atoms. The van der Waals surface area contributed by atoms with Crippen LogP contribution in [-0.4, -0.2) is 11.9 Å². The van der Waals surface area contributed by atoms with Crippen molar-refractivity contribution in [1.82, 2.24) is 0 Å². The number of carbonyl (C=O) groups is 1. The van der Waals surface area contributed by atoms with E-state index in [4.69, 9.17) is 16.3 Å². The average Bonchev–Trinajstić information content (AvgIpc) is 2.42. The van der Waals surface area contributed by atoms with E-state index in [2.05, 4.69) is 0 Å². The number of carbonyl (C=O) groups excluding carboxylic acids is 1. The van der Waals surface area contributed by atoms with Crippen LogP contribution in [0.25, 0.3) is 0 Å². The Bertz CT molecular complexity index is 521. The van der Waals surface area contributed by atoms with E-state index in [0.717, 1.165) is 47.6 Å². The van der Waals surface area contributed by atoms with Crippen molar-refractivity contribution in [1.29, 1.82) is 0 Å². The van der Waals surface area contributed by atoms with Crippen molar-refractivity contribution in [2.75, 3.05) is 0 Å². The van der Waals surface area contributed by atoms with Gasteiger partial charge in [-0.25, -0.2) is 0 Å². The van der Waals surface area contributed by atoms with Gasteiger partial charge in [0, 0.05) is 11.4 Å². The summed E-state index contributed by atoms with van der Waals surface area (Å²) in [5.41, 5.74) is 1.93. The van der Waals surface area contributed by atoms with Gasteiger partial charge in [0.25, 0.3) is 0 Å². The predicted molar refractivity (Wildman–Crippen MR) is 80.5 cm³/mol. The fourth-order valence-corrected chi connectivity index (χ4v) is 4.11. The molecule has 0 heterocycles. The van der Waals surface area contributed by atoms with E-state index < -0.39 is 0 Å². The number of benzene rings is 1. The van der Waals surface area contributed by atoms with Crippen molar-refractivity contribution < 1.29 is 9.53 Å². The van der Waals surface area contributed by atoms with Crippen molar-refractivity contribution in [2.45, 2.75) is 58.5 Å². The standard InChI is InChI=1S/C17H21ClO2/c1-11-8-13(18)9-12(2)16(11)20-15-10-14(19)17(15)6-4-3-5-7-17/h8-9,15H,3-7,10H2,1-2H3. The zero-order valence-corrected chi connectivity index (χ0v) is 12.9. The Kier molecular flexibility index (Phi) is 3.53. The number of hydrogen-bond donors (Lipinski definition) is 0. The van der Waals surface area contributed by atoms with Crippen molar-refractivity contribution in [3.05, 3.63) is 28.3 Å². The van der Waals surface area contributed by atoms with Gasteiger partial charge in [0.1, 0.15) is 17.6 Å². The maximum Gasteiger partial charge on any atom is 0.146 e. The smallest absolute Gasteiger partial charge is 0.146 e. The highest BCUT2D eigenvalue weighted by atomic mass is 35.5. The molecule has 0 aliphatic heterocycles.